The zero-order valence-corrected chi connectivity index (χ0v) is 9.94. The molecule has 0 unspecified atom stereocenters. The summed E-state index contributed by atoms with van der Waals surface area (Å²) in [6.07, 6.45) is 6.95. The van der Waals surface area contributed by atoms with Crippen molar-refractivity contribution in [2.24, 2.45) is 5.92 Å². The predicted molar refractivity (Wildman–Crippen MR) is 61.9 cm³/mol. The molecule has 1 aliphatic rings. The van der Waals surface area contributed by atoms with Crippen molar-refractivity contribution < 1.29 is 0 Å². The van der Waals surface area contributed by atoms with E-state index in [-0.39, 0.29) is 0 Å². The van der Waals surface area contributed by atoms with E-state index in [9.17, 15) is 0 Å². The van der Waals surface area contributed by atoms with Crippen molar-refractivity contribution in [1.82, 2.24) is 4.98 Å². The fourth-order valence-corrected chi connectivity index (χ4v) is 3.04. The minimum Gasteiger partial charge on any atom is -0.246 e. The highest BCUT2D eigenvalue weighted by Crippen LogP contribution is 2.29. The van der Waals surface area contributed by atoms with E-state index in [0.29, 0.717) is 5.92 Å². The molecule has 0 aliphatic heterocycles. The lowest BCUT2D eigenvalue weighted by atomic mass is 10.0. The lowest BCUT2D eigenvalue weighted by Gasteiger charge is -2.05. The third kappa shape index (κ3) is 2.35. The Morgan fingerprint density at radius 2 is 2.14 bits per heavy atom. The number of thiazole rings is 1. The van der Waals surface area contributed by atoms with Crippen molar-refractivity contribution in [3.8, 4) is 0 Å². The maximum atomic E-state index is 4.69. The number of hydrogen-bond donors (Lipinski definition) is 0. The summed E-state index contributed by atoms with van der Waals surface area (Å²) in [7, 11) is 0. The van der Waals surface area contributed by atoms with Crippen molar-refractivity contribution >= 4 is 11.3 Å². The second-order valence-electron chi connectivity index (χ2n) is 4.69. The predicted octanol–water partition coefficient (Wildman–Crippen LogP) is 4.00. The van der Waals surface area contributed by atoms with E-state index in [0.717, 1.165) is 5.92 Å². The van der Waals surface area contributed by atoms with Crippen molar-refractivity contribution in [2.45, 2.75) is 51.9 Å². The van der Waals surface area contributed by atoms with Crippen LogP contribution in [0.5, 0.6) is 0 Å². The normalized spacial score (nSPS) is 18.2. The summed E-state index contributed by atoms with van der Waals surface area (Å²) in [5, 5.41) is 3.56. The van der Waals surface area contributed by atoms with Gasteiger partial charge in [-0.15, -0.1) is 11.3 Å². The highest BCUT2D eigenvalue weighted by molar-refractivity contribution is 7.09. The van der Waals surface area contributed by atoms with Crippen LogP contribution >= 0.6 is 11.3 Å². The molecule has 1 saturated carbocycles. The minimum atomic E-state index is 0.595. The highest BCUT2D eigenvalue weighted by Gasteiger charge is 2.17. The first-order valence-corrected chi connectivity index (χ1v) is 6.58. The van der Waals surface area contributed by atoms with Crippen LogP contribution in [0.1, 0.15) is 56.2 Å². The summed E-state index contributed by atoms with van der Waals surface area (Å²) in [6, 6.07) is 0. The molecule has 0 saturated heterocycles. The van der Waals surface area contributed by atoms with Crippen LogP contribution in [0.25, 0.3) is 0 Å². The van der Waals surface area contributed by atoms with Crippen molar-refractivity contribution in [1.29, 1.82) is 0 Å². The molecule has 1 nitrogen and oxygen atoms in total. The molecule has 1 aliphatic carbocycles. The van der Waals surface area contributed by atoms with Crippen LogP contribution < -0.4 is 0 Å². The quantitative estimate of drug-likeness (QED) is 0.733. The first kappa shape index (κ1) is 10.2. The molecule has 0 N–H and O–H groups in total. The first-order valence-electron chi connectivity index (χ1n) is 5.70. The van der Waals surface area contributed by atoms with E-state index in [1.165, 1.54) is 42.8 Å². The van der Waals surface area contributed by atoms with Gasteiger partial charge in [0.2, 0.25) is 0 Å². The first-order chi connectivity index (χ1) is 6.75. The molecule has 14 heavy (non-hydrogen) atoms. The molecule has 0 radical (unpaired) electrons. The van der Waals surface area contributed by atoms with Crippen LogP contribution in [0.3, 0.4) is 0 Å². The van der Waals surface area contributed by atoms with Crippen LogP contribution in [0.4, 0.5) is 0 Å². The second kappa shape index (κ2) is 4.43. The number of nitrogens with zero attached hydrogens (tertiary/aromatic N) is 1. The summed E-state index contributed by atoms with van der Waals surface area (Å²) < 4.78 is 0. The third-order valence-corrected chi connectivity index (χ3v) is 4.23. The molecule has 0 aromatic carbocycles. The summed E-state index contributed by atoms with van der Waals surface area (Å²) in [5.74, 6) is 1.52. The van der Waals surface area contributed by atoms with Gasteiger partial charge >= 0.3 is 0 Å². The lowest BCUT2D eigenvalue weighted by molar-refractivity contribution is 0.539. The molecule has 78 valence electrons. The largest absolute Gasteiger partial charge is 0.246 e. The average molecular weight is 209 g/mol. The summed E-state index contributed by atoms with van der Waals surface area (Å²) in [4.78, 5) is 4.69. The number of hydrogen-bond acceptors (Lipinski definition) is 2. The van der Waals surface area contributed by atoms with Crippen LogP contribution in [-0.2, 0) is 6.42 Å². The average Bonchev–Trinajstić information content (AvgIpc) is 2.75. The van der Waals surface area contributed by atoms with Gasteiger partial charge in [0.05, 0.1) is 10.7 Å². The zero-order chi connectivity index (χ0) is 9.97. The molecule has 1 fully saturated rings. The number of aromatic nitrogens is 1. The van der Waals surface area contributed by atoms with E-state index in [4.69, 9.17) is 4.98 Å². The zero-order valence-electron chi connectivity index (χ0n) is 9.12. The Kier molecular flexibility index (Phi) is 3.22. The fourth-order valence-electron chi connectivity index (χ4n) is 2.19. The van der Waals surface area contributed by atoms with Gasteiger partial charge in [-0.25, -0.2) is 4.98 Å². The molecule has 2 heteroatoms. The Labute approximate surface area is 90.6 Å². The number of rotatable bonds is 3. The summed E-state index contributed by atoms with van der Waals surface area (Å²) >= 11 is 1.83. The molecule has 0 atom stereocenters. The van der Waals surface area contributed by atoms with Crippen molar-refractivity contribution in [3.05, 3.63) is 16.1 Å². The fraction of sp³-hybridized carbons (Fsp3) is 0.750. The SMILES string of the molecule is CC(C)c1nc(CC2CCCC2)cs1. The monoisotopic (exact) mass is 209 g/mol. The van der Waals surface area contributed by atoms with Gasteiger partial charge in [-0.2, -0.15) is 0 Å². The highest BCUT2D eigenvalue weighted by atomic mass is 32.1. The standard InChI is InChI=1S/C12H19NS/c1-9(2)12-13-11(8-14-12)7-10-5-3-4-6-10/h8-10H,3-7H2,1-2H3. The van der Waals surface area contributed by atoms with Gasteiger partial charge in [0.25, 0.3) is 0 Å². The van der Waals surface area contributed by atoms with Crippen molar-refractivity contribution in [2.75, 3.05) is 0 Å². The Morgan fingerprint density at radius 3 is 2.71 bits per heavy atom. The van der Waals surface area contributed by atoms with Crippen LogP contribution in [0.15, 0.2) is 5.38 Å². The smallest absolute Gasteiger partial charge is 0.0953 e. The molecular formula is C12H19NS. The molecule has 1 heterocycles. The van der Waals surface area contributed by atoms with Crippen LogP contribution in [0.2, 0.25) is 0 Å². The summed E-state index contributed by atoms with van der Waals surface area (Å²) in [5.41, 5.74) is 1.34. The van der Waals surface area contributed by atoms with E-state index < -0.39 is 0 Å². The van der Waals surface area contributed by atoms with Gasteiger partial charge in [0.1, 0.15) is 0 Å². The molecular weight excluding hydrogens is 190 g/mol. The van der Waals surface area contributed by atoms with Gasteiger partial charge < -0.3 is 0 Å². The van der Waals surface area contributed by atoms with Gasteiger partial charge in [0, 0.05) is 11.3 Å². The van der Waals surface area contributed by atoms with Gasteiger partial charge in [-0.1, -0.05) is 39.5 Å². The van der Waals surface area contributed by atoms with Crippen molar-refractivity contribution in [3.63, 3.8) is 0 Å². The van der Waals surface area contributed by atoms with Crippen LogP contribution in [0, 0.1) is 5.92 Å². The second-order valence-corrected chi connectivity index (χ2v) is 5.58. The summed E-state index contributed by atoms with van der Waals surface area (Å²) in [6.45, 7) is 4.44. The maximum Gasteiger partial charge on any atom is 0.0953 e. The maximum absolute atomic E-state index is 4.69. The Bertz CT molecular complexity index is 284. The Morgan fingerprint density at radius 1 is 1.43 bits per heavy atom. The molecule has 1 aromatic rings. The van der Waals surface area contributed by atoms with Crippen LogP contribution in [-0.4, -0.2) is 4.98 Å². The minimum absolute atomic E-state index is 0.595. The van der Waals surface area contributed by atoms with E-state index in [1.807, 2.05) is 11.3 Å². The van der Waals surface area contributed by atoms with E-state index in [1.54, 1.807) is 0 Å². The molecule has 0 spiro atoms. The molecule has 0 amide bonds. The topological polar surface area (TPSA) is 12.9 Å². The van der Waals surface area contributed by atoms with Gasteiger partial charge in [0.15, 0.2) is 0 Å². The van der Waals surface area contributed by atoms with E-state index >= 15 is 0 Å². The lowest BCUT2D eigenvalue weighted by Crippen LogP contribution is -1.99. The Balaban J connectivity index is 1.95. The Hall–Kier alpha value is -0.370. The van der Waals surface area contributed by atoms with Gasteiger partial charge in [-0.05, 0) is 12.3 Å². The molecule has 0 bridgehead atoms. The molecule has 1 aromatic heterocycles. The molecule has 2 rings (SSSR count). The third-order valence-electron chi connectivity index (χ3n) is 3.04. The van der Waals surface area contributed by atoms with E-state index in [2.05, 4.69) is 19.2 Å². The van der Waals surface area contributed by atoms with Gasteiger partial charge in [-0.3, -0.25) is 0 Å².